The van der Waals surface area contributed by atoms with Gasteiger partial charge in [0.25, 0.3) is 0 Å². The lowest BCUT2D eigenvalue weighted by Gasteiger charge is -2.21. The van der Waals surface area contributed by atoms with E-state index in [2.05, 4.69) is 0 Å². The van der Waals surface area contributed by atoms with Crippen molar-refractivity contribution in [3.63, 3.8) is 0 Å². The maximum Gasteiger partial charge on any atom is 0.244 e. The molecule has 0 fully saturated rings. The van der Waals surface area contributed by atoms with E-state index in [0.717, 1.165) is 16.7 Å². The maximum absolute atomic E-state index is 13.2. The van der Waals surface area contributed by atoms with Crippen LogP contribution in [0.1, 0.15) is 22.7 Å². The zero-order valence-electron chi connectivity index (χ0n) is 12.2. The van der Waals surface area contributed by atoms with Crippen LogP contribution in [0.4, 0.5) is 4.39 Å². The second-order valence-corrected chi connectivity index (χ2v) is 5.21. The minimum atomic E-state index is -0.704. The van der Waals surface area contributed by atoms with E-state index >= 15 is 0 Å². The van der Waals surface area contributed by atoms with Gasteiger partial charge in [0.2, 0.25) is 5.91 Å². The molecule has 0 spiro atoms. The highest BCUT2D eigenvalue weighted by atomic mass is 19.1. The number of hydrogen-bond donors (Lipinski definition) is 1. The van der Waals surface area contributed by atoms with Gasteiger partial charge < -0.3 is 10.6 Å². The number of nitrogens with two attached hydrogens (primary N) is 1. The first-order valence-electron chi connectivity index (χ1n) is 6.79. The first-order chi connectivity index (χ1) is 9.97. The molecule has 1 amide bonds. The Morgan fingerprint density at radius 1 is 1.24 bits per heavy atom. The molecule has 2 N–H and O–H groups in total. The smallest absolute Gasteiger partial charge is 0.244 e. The number of amides is 1. The Morgan fingerprint density at radius 3 is 2.52 bits per heavy atom. The molecular formula is C17H19FN2O. The molecule has 0 aliphatic heterocycles. The van der Waals surface area contributed by atoms with Crippen LogP contribution in [0.25, 0.3) is 0 Å². The van der Waals surface area contributed by atoms with E-state index < -0.39 is 6.04 Å². The molecule has 0 bridgehead atoms. The van der Waals surface area contributed by atoms with Crippen molar-refractivity contribution in [1.29, 1.82) is 0 Å². The van der Waals surface area contributed by atoms with Crippen LogP contribution in [0.2, 0.25) is 0 Å². The molecule has 1 unspecified atom stereocenters. The second-order valence-electron chi connectivity index (χ2n) is 5.21. The standard InChI is InChI=1S/C17H19FN2O/c1-12-6-8-14(9-7-12)16(19)17(21)20(2)11-13-4-3-5-15(18)10-13/h3-10,16H,11,19H2,1-2H3. The summed E-state index contributed by atoms with van der Waals surface area (Å²) in [4.78, 5) is 13.8. The highest BCUT2D eigenvalue weighted by molar-refractivity contribution is 5.82. The lowest BCUT2D eigenvalue weighted by molar-refractivity contribution is -0.131. The van der Waals surface area contributed by atoms with E-state index in [1.807, 2.05) is 31.2 Å². The molecule has 0 saturated heterocycles. The normalized spacial score (nSPS) is 12.0. The summed E-state index contributed by atoms with van der Waals surface area (Å²) in [7, 11) is 1.67. The average Bonchev–Trinajstić information content (AvgIpc) is 2.46. The molecule has 0 heterocycles. The van der Waals surface area contributed by atoms with Gasteiger partial charge in [-0.1, -0.05) is 42.0 Å². The van der Waals surface area contributed by atoms with Crippen LogP contribution in [0, 0.1) is 12.7 Å². The molecule has 3 nitrogen and oxygen atoms in total. The third-order valence-electron chi connectivity index (χ3n) is 3.39. The third-order valence-corrected chi connectivity index (χ3v) is 3.39. The van der Waals surface area contributed by atoms with E-state index in [-0.39, 0.29) is 11.7 Å². The van der Waals surface area contributed by atoms with Crippen molar-refractivity contribution >= 4 is 5.91 Å². The third kappa shape index (κ3) is 3.89. The fraction of sp³-hybridized carbons (Fsp3) is 0.235. The topological polar surface area (TPSA) is 46.3 Å². The Balaban J connectivity index is 2.06. The van der Waals surface area contributed by atoms with Crippen LogP contribution in [0.5, 0.6) is 0 Å². The quantitative estimate of drug-likeness (QED) is 0.939. The summed E-state index contributed by atoms with van der Waals surface area (Å²) in [5.74, 6) is -0.501. The Labute approximate surface area is 124 Å². The summed E-state index contributed by atoms with van der Waals surface area (Å²) >= 11 is 0. The van der Waals surface area contributed by atoms with Crippen LogP contribution in [0.15, 0.2) is 48.5 Å². The first kappa shape index (κ1) is 15.2. The lowest BCUT2D eigenvalue weighted by atomic mass is 10.0. The summed E-state index contributed by atoms with van der Waals surface area (Å²) in [5.41, 5.74) is 8.64. The molecule has 2 rings (SSSR count). The summed E-state index contributed by atoms with van der Waals surface area (Å²) in [6.07, 6.45) is 0. The summed E-state index contributed by atoms with van der Waals surface area (Å²) in [6, 6.07) is 13.1. The molecule has 0 aliphatic rings. The van der Waals surface area contributed by atoms with Crippen molar-refractivity contribution < 1.29 is 9.18 Å². The second kappa shape index (κ2) is 6.50. The zero-order chi connectivity index (χ0) is 15.4. The molecule has 1 atom stereocenters. The molecule has 2 aromatic rings. The fourth-order valence-electron chi connectivity index (χ4n) is 2.14. The summed E-state index contributed by atoms with van der Waals surface area (Å²) in [5, 5.41) is 0. The van der Waals surface area contributed by atoms with Crippen LogP contribution < -0.4 is 5.73 Å². The Morgan fingerprint density at radius 2 is 1.90 bits per heavy atom. The van der Waals surface area contributed by atoms with Gasteiger partial charge in [-0.25, -0.2) is 4.39 Å². The maximum atomic E-state index is 13.2. The number of rotatable bonds is 4. The minimum absolute atomic E-state index is 0.192. The predicted octanol–water partition coefficient (Wildman–Crippen LogP) is 2.79. The van der Waals surface area contributed by atoms with Crippen molar-refractivity contribution in [2.75, 3.05) is 7.05 Å². The van der Waals surface area contributed by atoms with Gasteiger partial charge in [-0.2, -0.15) is 0 Å². The Bertz CT molecular complexity index is 625. The van der Waals surface area contributed by atoms with Gasteiger partial charge in [0.1, 0.15) is 11.9 Å². The molecule has 4 heteroatoms. The minimum Gasteiger partial charge on any atom is -0.340 e. The molecule has 110 valence electrons. The van der Waals surface area contributed by atoms with E-state index in [1.165, 1.54) is 17.0 Å². The number of carbonyl (C=O) groups excluding carboxylic acids is 1. The average molecular weight is 286 g/mol. The largest absolute Gasteiger partial charge is 0.340 e. The molecule has 0 saturated carbocycles. The van der Waals surface area contributed by atoms with Crippen molar-refractivity contribution in [3.8, 4) is 0 Å². The highest BCUT2D eigenvalue weighted by Gasteiger charge is 2.19. The van der Waals surface area contributed by atoms with Crippen molar-refractivity contribution in [1.82, 2.24) is 4.90 Å². The SMILES string of the molecule is Cc1ccc(C(N)C(=O)N(C)Cc2cccc(F)c2)cc1. The van der Waals surface area contributed by atoms with Gasteiger partial charge >= 0.3 is 0 Å². The van der Waals surface area contributed by atoms with E-state index in [9.17, 15) is 9.18 Å². The van der Waals surface area contributed by atoms with Gasteiger partial charge in [0.05, 0.1) is 0 Å². The molecule has 21 heavy (non-hydrogen) atoms. The molecule has 2 aromatic carbocycles. The Kier molecular flexibility index (Phi) is 4.70. The molecule has 0 aromatic heterocycles. The zero-order valence-corrected chi connectivity index (χ0v) is 12.2. The van der Waals surface area contributed by atoms with Crippen molar-refractivity contribution in [3.05, 3.63) is 71.0 Å². The first-order valence-corrected chi connectivity index (χ1v) is 6.79. The number of likely N-dealkylation sites (N-methyl/N-ethyl adjacent to an activating group) is 1. The summed E-state index contributed by atoms with van der Waals surface area (Å²) in [6.45, 7) is 2.31. The molecular weight excluding hydrogens is 267 g/mol. The number of hydrogen-bond acceptors (Lipinski definition) is 2. The molecule has 0 aliphatic carbocycles. The highest BCUT2D eigenvalue weighted by Crippen LogP contribution is 2.15. The van der Waals surface area contributed by atoms with Crippen LogP contribution in [-0.2, 0) is 11.3 Å². The van der Waals surface area contributed by atoms with Gasteiger partial charge in [-0.3, -0.25) is 4.79 Å². The van der Waals surface area contributed by atoms with E-state index in [0.29, 0.717) is 6.54 Å². The van der Waals surface area contributed by atoms with Gasteiger partial charge in [0.15, 0.2) is 0 Å². The fourth-order valence-corrected chi connectivity index (χ4v) is 2.14. The van der Waals surface area contributed by atoms with Crippen molar-refractivity contribution in [2.45, 2.75) is 19.5 Å². The van der Waals surface area contributed by atoms with Crippen LogP contribution in [0.3, 0.4) is 0 Å². The van der Waals surface area contributed by atoms with Gasteiger partial charge in [-0.15, -0.1) is 0 Å². The number of carbonyl (C=O) groups is 1. The predicted molar refractivity (Wildman–Crippen MR) is 81.0 cm³/mol. The Hall–Kier alpha value is -2.20. The number of halogens is 1. The number of benzene rings is 2. The van der Waals surface area contributed by atoms with Crippen LogP contribution >= 0.6 is 0 Å². The lowest BCUT2D eigenvalue weighted by Crippen LogP contribution is -2.35. The van der Waals surface area contributed by atoms with E-state index in [1.54, 1.807) is 19.2 Å². The van der Waals surface area contributed by atoms with E-state index in [4.69, 9.17) is 5.73 Å². The molecule has 0 radical (unpaired) electrons. The summed E-state index contributed by atoms with van der Waals surface area (Å²) < 4.78 is 13.2. The number of nitrogens with zero attached hydrogens (tertiary/aromatic N) is 1. The number of aryl methyl sites for hydroxylation is 1. The van der Waals surface area contributed by atoms with Gasteiger partial charge in [0, 0.05) is 13.6 Å². The van der Waals surface area contributed by atoms with Crippen LogP contribution in [-0.4, -0.2) is 17.9 Å². The van der Waals surface area contributed by atoms with Gasteiger partial charge in [-0.05, 0) is 30.2 Å². The van der Waals surface area contributed by atoms with Crippen molar-refractivity contribution in [2.24, 2.45) is 5.73 Å². The monoisotopic (exact) mass is 286 g/mol.